The van der Waals surface area contributed by atoms with E-state index in [2.05, 4.69) is 183 Å². The van der Waals surface area contributed by atoms with E-state index in [1.165, 1.54) is 92.2 Å². The molecular weight excluding hydrogens is 611 g/mol. The van der Waals surface area contributed by atoms with Crippen LogP contribution in [-0.2, 0) is 5.41 Å². The molecule has 232 valence electrons. The fourth-order valence-corrected chi connectivity index (χ4v) is 9.39. The number of hydrogen-bond acceptors (Lipinski definition) is 2. The smallest absolute Gasteiger partial charge is 0.0640 e. The Hall–Kier alpha value is -5.70. The van der Waals surface area contributed by atoms with E-state index in [0.717, 1.165) is 0 Å². The molecule has 2 heteroatoms. The zero-order valence-corrected chi connectivity index (χ0v) is 28.3. The van der Waals surface area contributed by atoms with Gasteiger partial charge in [0.25, 0.3) is 0 Å². The summed E-state index contributed by atoms with van der Waals surface area (Å²) in [7, 11) is 0. The molecule has 0 saturated carbocycles. The predicted octanol–water partition coefficient (Wildman–Crippen LogP) is 13.8. The van der Waals surface area contributed by atoms with Crippen molar-refractivity contribution in [2.24, 2.45) is 0 Å². The van der Waals surface area contributed by atoms with Gasteiger partial charge in [0.2, 0.25) is 0 Å². The molecule has 1 nitrogen and oxygen atoms in total. The molecule has 10 rings (SSSR count). The van der Waals surface area contributed by atoms with Crippen LogP contribution in [-0.4, -0.2) is 0 Å². The second kappa shape index (κ2) is 10.7. The zero-order chi connectivity index (χ0) is 32.7. The van der Waals surface area contributed by atoms with Crippen LogP contribution in [0.2, 0.25) is 0 Å². The summed E-state index contributed by atoms with van der Waals surface area (Å²) >= 11 is 1.90. The molecule has 0 amide bonds. The summed E-state index contributed by atoms with van der Waals surface area (Å²) in [6.45, 7) is 4.73. The van der Waals surface area contributed by atoms with Crippen molar-refractivity contribution in [3.63, 3.8) is 0 Å². The Kier molecular flexibility index (Phi) is 6.16. The average molecular weight is 644 g/mol. The van der Waals surface area contributed by atoms with Crippen molar-refractivity contribution in [1.29, 1.82) is 0 Å². The van der Waals surface area contributed by atoms with Crippen LogP contribution >= 0.6 is 11.3 Å². The Morgan fingerprint density at radius 3 is 1.94 bits per heavy atom. The molecule has 49 heavy (non-hydrogen) atoms. The van der Waals surface area contributed by atoms with Gasteiger partial charge in [-0.15, -0.1) is 11.3 Å². The molecule has 0 spiro atoms. The normalized spacial score (nSPS) is 13.3. The Balaban J connectivity index is 1.25. The molecule has 0 bridgehead atoms. The van der Waals surface area contributed by atoms with Gasteiger partial charge in [0, 0.05) is 32.1 Å². The maximum Gasteiger partial charge on any atom is 0.0640 e. The van der Waals surface area contributed by atoms with E-state index >= 15 is 0 Å². The Labute approximate surface area is 290 Å². The fraction of sp³-hybridized carbons (Fsp3) is 0.0638. The van der Waals surface area contributed by atoms with Crippen LogP contribution in [0.25, 0.3) is 64.0 Å². The van der Waals surface area contributed by atoms with Crippen molar-refractivity contribution in [2.75, 3.05) is 4.90 Å². The van der Waals surface area contributed by atoms with Crippen molar-refractivity contribution in [2.45, 2.75) is 19.3 Å². The molecular formula is C47H33NS. The lowest BCUT2D eigenvalue weighted by Crippen LogP contribution is -2.17. The van der Waals surface area contributed by atoms with Gasteiger partial charge in [-0.25, -0.2) is 0 Å². The number of fused-ring (bicyclic) bond motifs is 8. The van der Waals surface area contributed by atoms with E-state index < -0.39 is 0 Å². The molecule has 1 heterocycles. The summed E-state index contributed by atoms with van der Waals surface area (Å²) in [6.07, 6.45) is 0. The maximum atomic E-state index is 2.52. The van der Waals surface area contributed by atoms with Crippen LogP contribution in [0.3, 0.4) is 0 Å². The summed E-state index contributed by atoms with van der Waals surface area (Å²) in [5, 5.41) is 7.67. The highest BCUT2D eigenvalue weighted by Crippen LogP contribution is 2.52. The molecule has 0 aliphatic heterocycles. The number of benzene rings is 8. The Bertz CT molecular complexity index is 2770. The van der Waals surface area contributed by atoms with E-state index in [1.54, 1.807) is 0 Å². The van der Waals surface area contributed by atoms with Crippen molar-refractivity contribution >= 4 is 70.1 Å². The molecule has 0 atom stereocenters. The highest BCUT2D eigenvalue weighted by Gasteiger charge is 2.36. The van der Waals surface area contributed by atoms with Gasteiger partial charge in [-0.05, 0) is 91.8 Å². The molecule has 0 saturated heterocycles. The van der Waals surface area contributed by atoms with Crippen molar-refractivity contribution in [1.82, 2.24) is 0 Å². The second-order valence-electron chi connectivity index (χ2n) is 13.8. The third-order valence-corrected chi connectivity index (χ3v) is 11.8. The van der Waals surface area contributed by atoms with E-state index in [1.807, 2.05) is 11.3 Å². The first kappa shape index (κ1) is 28.3. The zero-order valence-electron chi connectivity index (χ0n) is 27.4. The number of anilines is 3. The molecule has 9 aromatic rings. The Morgan fingerprint density at radius 2 is 1.10 bits per heavy atom. The largest absolute Gasteiger partial charge is 0.308 e. The van der Waals surface area contributed by atoms with Crippen molar-refractivity contribution < 1.29 is 0 Å². The number of rotatable bonds is 4. The van der Waals surface area contributed by atoms with Gasteiger partial charge in [0.05, 0.1) is 16.1 Å². The van der Waals surface area contributed by atoms with Gasteiger partial charge in [0.15, 0.2) is 0 Å². The second-order valence-corrected chi connectivity index (χ2v) is 14.8. The van der Waals surface area contributed by atoms with Crippen LogP contribution < -0.4 is 4.90 Å². The van der Waals surface area contributed by atoms with Gasteiger partial charge < -0.3 is 4.90 Å². The predicted molar refractivity (Wildman–Crippen MR) is 212 cm³/mol. The first-order valence-electron chi connectivity index (χ1n) is 17.0. The maximum absolute atomic E-state index is 2.52. The highest BCUT2D eigenvalue weighted by atomic mass is 32.1. The van der Waals surface area contributed by atoms with Crippen LogP contribution in [0.1, 0.15) is 25.0 Å². The number of para-hydroxylation sites is 1. The molecule has 0 radical (unpaired) electrons. The first-order valence-corrected chi connectivity index (χ1v) is 17.8. The molecule has 1 aliphatic rings. The summed E-state index contributed by atoms with van der Waals surface area (Å²) < 4.78 is 2.61. The molecule has 1 aromatic heterocycles. The summed E-state index contributed by atoms with van der Waals surface area (Å²) in [5.41, 5.74) is 11.3. The van der Waals surface area contributed by atoms with Gasteiger partial charge in [-0.3, -0.25) is 0 Å². The van der Waals surface area contributed by atoms with Crippen LogP contribution in [0.5, 0.6) is 0 Å². The van der Waals surface area contributed by atoms with E-state index in [9.17, 15) is 0 Å². The van der Waals surface area contributed by atoms with Gasteiger partial charge in [-0.1, -0.05) is 135 Å². The molecule has 0 unspecified atom stereocenters. The third-order valence-electron chi connectivity index (χ3n) is 10.6. The van der Waals surface area contributed by atoms with Crippen LogP contribution in [0.4, 0.5) is 17.1 Å². The summed E-state index contributed by atoms with van der Waals surface area (Å²) in [6, 6.07) is 60.7. The highest BCUT2D eigenvalue weighted by molar-refractivity contribution is 7.26. The van der Waals surface area contributed by atoms with Gasteiger partial charge >= 0.3 is 0 Å². The minimum atomic E-state index is -0.102. The van der Waals surface area contributed by atoms with Crippen LogP contribution in [0.15, 0.2) is 164 Å². The topological polar surface area (TPSA) is 3.24 Å². The molecule has 8 aromatic carbocycles. The minimum absolute atomic E-state index is 0.102. The standard InChI is InChI=1S/C47H33NS/c1-47(2)41-19-9-7-17-37(41)38-25-24-35(29-42(38)47)48(43-20-10-8-16-36(43)34-23-22-30-12-3-4-13-31(30)26-34)44-21-11-18-39-40-27-32-14-5-6-15-33(32)28-45(40)49-46(39)44/h3-29H,1-2H3. The lowest BCUT2D eigenvalue weighted by Gasteiger charge is -2.30. The quantitative estimate of drug-likeness (QED) is 0.184. The van der Waals surface area contributed by atoms with Crippen molar-refractivity contribution in [3.05, 3.63) is 175 Å². The number of nitrogens with zero attached hydrogens (tertiary/aromatic N) is 1. The average Bonchev–Trinajstić information content (AvgIpc) is 3.62. The lowest BCUT2D eigenvalue weighted by atomic mass is 9.82. The van der Waals surface area contributed by atoms with Gasteiger partial charge in [-0.2, -0.15) is 0 Å². The summed E-state index contributed by atoms with van der Waals surface area (Å²) in [4.78, 5) is 2.52. The van der Waals surface area contributed by atoms with E-state index in [-0.39, 0.29) is 5.41 Å². The molecule has 0 fully saturated rings. The number of thiophene rings is 1. The lowest BCUT2D eigenvalue weighted by molar-refractivity contribution is 0.660. The van der Waals surface area contributed by atoms with E-state index in [4.69, 9.17) is 0 Å². The third kappa shape index (κ3) is 4.31. The number of hydrogen-bond donors (Lipinski definition) is 0. The fourth-order valence-electron chi connectivity index (χ4n) is 8.15. The SMILES string of the molecule is CC1(C)c2ccccc2-c2ccc(N(c3ccccc3-c3ccc4ccccc4c3)c3cccc4c3sc3cc5ccccc5cc34)cc21. The molecule has 1 aliphatic carbocycles. The van der Waals surface area contributed by atoms with Crippen LogP contribution in [0, 0.1) is 0 Å². The van der Waals surface area contributed by atoms with E-state index in [0.29, 0.717) is 0 Å². The first-order chi connectivity index (χ1) is 24.0. The molecule has 0 N–H and O–H groups in total. The van der Waals surface area contributed by atoms with Crippen molar-refractivity contribution in [3.8, 4) is 22.3 Å². The minimum Gasteiger partial charge on any atom is -0.308 e. The Morgan fingerprint density at radius 1 is 0.449 bits per heavy atom. The monoisotopic (exact) mass is 643 g/mol. The summed E-state index contributed by atoms with van der Waals surface area (Å²) in [5.74, 6) is 0. The van der Waals surface area contributed by atoms with Gasteiger partial charge in [0.1, 0.15) is 0 Å².